The normalized spacial score (nSPS) is 26.1. The topological polar surface area (TPSA) is 90.9 Å². The van der Waals surface area contributed by atoms with E-state index in [9.17, 15) is 8.42 Å². The van der Waals surface area contributed by atoms with E-state index in [0.717, 1.165) is 37.4 Å². The highest BCUT2D eigenvalue weighted by Crippen LogP contribution is 2.34. The van der Waals surface area contributed by atoms with Gasteiger partial charge in [0.1, 0.15) is 5.82 Å². The Kier molecular flexibility index (Phi) is 3.22. The molecule has 0 bridgehead atoms. The molecule has 0 spiro atoms. The summed E-state index contributed by atoms with van der Waals surface area (Å²) >= 11 is 0. The molecule has 2 N–H and O–H groups in total. The first kappa shape index (κ1) is 12.5. The molecule has 0 atom stereocenters. The highest BCUT2D eigenvalue weighted by molar-refractivity contribution is 7.89. The van der Waals surface area contributed by atoms with Gasteiger partial charge in [-0.15, -0.1) is 10.2 Å². The van der Waals surface area contributed by atoms with Gasteiger partial charge in [0.2, 0.25) is 0 Å². The lowest BCUT2D eigenvalue weighted by Gasteiger charge is -2.25. The van der Waals surface area contributed by atoms with Crippen molar-refractivity contribution in [2.24, 2.45) is 18.1 Å². The second-order valence-electron chi connectivity index (χ2n) is 4.90. The van der Waals surface area contributed by atoms with Crippen LogP contribution in [0.4, 0.5) is 0 Å². The standard InChI is InChI=1S/C10H18N4O2S/c1-7-3-5-8(6-4-7)9-12-13-10(14(9)2)17(11,15)16/h7-8H,3-6H2,1-2H3,(H2,11,15,16). The monoisotopic (exact) mass is 258 g/mol. The lowest BCUT2D eigenvalue weighted by molar-refractivity contribution is 0.334. The molecule has 0 radical (unpaired) electrons. The fourth-order valence-corrected chi connectivity index (χ4v) is 3.08. The lowest BCUT2D eigenvalue weighted by atomic mass is 9.82. The largest absolute Gasteiger partial charge is 0.304 e. The number of nitrogens with zero attached hydrogens (tertiary/aromatic N) is 3. The molecular formula is C10H18N4O2S. The van der Waals surface area contributed by atoms with Crippen molar-refractivity contribution in [3.8, 4) is 0 Å². The number of primary sulfonamides is 1. The van der Waals surface area contributed by atoms with Gasteiger partial charge in [-0.25, -0.2) is 13.6 Å². The zero-order chi connectivity index (χ0) is 12.6. The summed E-state index contributed by atoms with van der Waals surface area (Å²) in [6.07, 6.45) is 4.39. The second kappa shape index (κ2) is 4.38. The lowest BCUT2D eigenvalue weighted by Crippen LogP contribution is -2.19. The number of hydrogen-bond acceptors (Lipinski definition) is 4. The van der Waals surface area contributed by atoms with E-state index < -0.39 is 10.0 Å². The minimum Gasteiger partial charge on any atom is -0.304 e. The predicted octanol–water partition coefficient (Wildman–Crippen LogP) is 0.756. The first-order valence-corrected chi connectivity index (χ1v) is 7.36. The zero-order valence-electron chi connectivity index (χ0n) is 10.1. The Morgan fingerprint density at radius 3 is 2.29 bits per heavy atom. The fraction of sp³-hybridized carbons (Fsp3) is 0.800. The molecule has 1 saturated carbocycles. The van der Waals surface area contributed by atoms with Crippen molar-refractivity contribution in [3.63, 3.8) is 0 Å². The summed E-state index contributed by atoms with van der Waals surface area (Å²) < 4.78 is 24.0. The highest BCUT2D eigenvalue weighted by Gasteiger charge is 2.26. The number of aromatic nitrogens is 3. The van der Waals surface area contributed by atoms with E-state index >= 15 is 0 Å². The van der Waals surface area contributed by atoms with Crippen LogP contribution in [0.1, 0.15) is 44.3 Å². The van der Waals surface area contributed by atoms with E-state index in [0.29, 0.717) is 5.92 Å². The summed E-state index contributed by atoms with van der Waals surface area (Å²) in [5, 5.41) is 12.6. The van der Waals surface area contributed by atoms with E-state index in [2.05, 4.69) is 17.1 Å². The molecule has 0 aromatic carbocycles. The maximum atomic E-state index is 11.3. The summed E-state index contributed by atoms with van der Waals surface area (Å²) in [5.41, 5.74) is 0. The van der Waals surface area contributed by atoms with Crippen LogP contribution in [0, 0.1) is 5.92 Å². The summed E-state index contributed by atoms with van der Waals surface area (Å²) in [6, 6.07) is 0. The Labute approximate surface area is 101 Å². The molecule has 1 aliphatic carbocycles. The van der Waals surface area contributed by atoms with Crippen molar-refractivity contribution < 1.29 is 8.42 Å². The van der Waals surface area contributed by atoms with Gasteiger partial charge in [-0.1, -0.05) is 19.8 Å². The summed E-state index contributed by atoms with van der Waals surface area (Å²) in [6.45, 7) is 2.24. The van der Waals surface area contributed by atoms with E-state index in [4.69, 9.17) is 5.14 Å². The van der Waals surface area contributed by atoms with Gasteiger partial charge in [0.05, 0.1) is 0 Å². The maximum Gasteiger partial charge on any atom is 0.273 e. The van der Waals surface area contributed by atoms with Gasteiger partial charge in [0.15, 0.2) is 0 Å². The van der Waals surface area contributed by atoms with Crippen LogP contribution in [-0.4, -0.2) is 23.2 Å². The van der Waals surface area contributed by atoms with Crippen molar-refractivity contribution >= 4 is 10.0 Å². The quantitative estimate of drug-likeness (QED) is 0.847. The van der Waals surface area contributed by atoms with E-state index in [1.165, 1.54) is 4.57 Å². The molecule has 1 fully saturated rings. The first-order chi connectivity index (χ1) is 7.89. The third kappa shape index (κ3) is 2.50. The molecule has 0 amide bonds. The van der Waals surface area contributed by atoms with E-state index in [-0.39, 0.29) is 5.16 Å². The van der Waals surface area contributed by atoms with Crippen LogP contribution in [0.2, 0.25) is 0 Å². The maximum absolute atomic E-state index is 11.3. The van der Waals surface area contributed by atoms with Gasteiger partial charge >= 0.3 is 0 Å². The van der Waals surface area contributed by atoms with Crippen molar-refractivity contribution in [1.82, 2.24) is 14.8 Å². The van der Waals surface area contributed by atoms with Gasteiger partial charge < -0.3 is 4.57 Å². The summed E-state index contributed by atoms with van der Waals surface area (Å²) in [7, 11) is -2.11. The third-order valence-electron chi connectivity index (χ3n) is 3.50. The Hall–Kier alpha value is -0.950. The predicted molar refractivity (Wildman–Crippen MR) is 62.7 cm³/mol. The van der Waals surface area contributed by atoms with Crippen LogP contribution in [0.25, 0.3) is 0 Å². The minimum absolute atomic E-state index is 0.147. The van der Waals surface area contributed by atoms with E-state index in [1.807, 2.05) is 0 Å². The minimum atomic E-state index is -3.77. The Morgan fingerprint density at radius 2 is 1.82 bits per heavy atom. The van der Waals surface area contributed by atoms with Crippen LogP contribution in [-0.2, 0) is 17.1 Å². The van der Waals surface area contributed by atoms with Crippen molar-refractivity contribution in [3.05, 3.63) is 5.82 Å². The van der Waals surface area contributed by atoms with E-state index in [1.54, 1.807) is 7.05 Å². The number of sulfonamides is 1. The average molecular weight is 258 g/mol. The summed E-state index contributed by atoms with van der Waals surface area (Å²) in [5.74, 6) is 1.79. The van der Waals surface area contributed by atoms with Gasteiger partial charge in [0.25, 0.3) is 15.2 Å². The molecule has 2 rings (SSSR count). The summed E-state index contributed by atoms with van der Waals surface area (Å²) in [4.78, 5) is 0. The zero-order valence-corrected chi connectivity index (χ0v) is 10.9. The molecule has 7 heteroatoms. The van der Waals surface area contributed by atoms with Crippen molar-refractivity contribution in [2.45, 2.75) is 43.7 Å². The molecule has 1 aromatic heterocycles. The van der Waals surface area contributed by atoms with Crippen LogP contribution in [0.3, 0.4) is 0 Å². The number of nitrogens with two attached hydrogens (primary N) is 1. The van der Waals surface area contributed by atoms with Crippen molar-refractivity contribution in [2.75, 3.05) is 0 Å². The van der Waals surface area contributed by atoms with Crippen LogP contribution in [0.5, 0.6) is 0 Å². The van der Waals surface area contributed by atoms with Crippen molar-refractivity contribution in [1.29, 1.82) is 0 Å². The van der Waals surface area contributed by atoms with Gasteiger partial charge in [-0.2, -0.15) is 0 Å². The fourth-order valence-electron chi connectivity index (χ4n) is 2.45. The number of rotatable bonds is 2. The average Bonchev–Trinajstić information content (AvgIpc) is 2.61. The Bertz CT molecular complexity index is 500. The van der Waals surface area contributed by atoms with Gasteiger partial charge in [-0.3, -0.25) is 0 Å². The molecule has 0 unspecified atom stereocenters. The van der Waals surface area contributed by atoms with Crippen LogP contribution < -0.4 is 5.14 Å². The molecule has 1 heterocycles. The molecular weight excluding hydrogens is 240 g/mol. The van der Waals surface area contributed by atoms with Gasteiger partial charge in [-0.05, 0) is 18.8 Å². The van der Waals surface area contributed by atoms with Crippen LogP contribution >= 0.6 is 0 Å². The second-order valence-corrected chi connectivity index (χ2v) is 6.36. The Balaban J connectivity index is 2.26. The molecule has 1 aromatic rings. The Morgan fingerprint density at radius 1 is 1.24 bits per heavy atom. The third-order valence-corrected chi connectivity index (χ3v) is 4.37. The first-order valence-electron chi connectivity index (χ1n) is 5.81. The molecule has 17 heavy (non-hydrogen) atoms. The molecule has 0 aliphatic heterocycles. The highest BCUT2D eigenvalue weighted by atomic mass is 32.2. The van der Waals surface area contributed by atoms with Gasteiger partial charge in [0, 0.05) is 13.0 Å². The SMILES string of the molecule is CC1CCC(c2nnc(S(N)(=O)=O)n2C)CC1. The molecule has 96 valence electrons. The van der Waals surface area contributed by atoms with Crippen LogP contribution in [0.15, 0.2) is 5.16 Å². The smallest absolute Gasteiger partial charge is 0.273 e. The number of hydrogen-bond donors (Lipinski definition) is 1. The molecule has 0 saturated heterocycles. The molecule has 6 nitrogen and oxygen atoms in total. The molecule has 1 aliphatic rings.